The molecule has 0 aromatic heterocycles. The fraction of sp³-hybridized carbons (Fsp3) is 1.00. The van der Waals surface area contributed by atoms with Gasteiger partial charge in [0, 0.05) is 0 Å². The van der Waals surface area contributed by atoms with E-state index in [9.17, 15) is 8.78 Å². The van der Waals surface area contributed by atoms with Crippen molar-refractivity contribution in [3.8, 4) is 0 Å². The molecule has 0 atom stereocenters. The van der Waals surface area contributed by atoms with E-state index in [1.165, 1.54) is 0 Å². The van der Waals surface area contributed by atoms with E-state index in [0.717, 1.165) is 13.8 Å². The van der Waals surface area contributed by atoms with Crippen LogP contribution in [0.1, 0.15) is 27.7 Å². The van der Waals surface area contributed by atoms with Crippen LogP contribution in [0.5, 0.6) is 0 Å². The molecule has 0 saturated carbocycles. The average molecular weight is 140 g/mol. The van der Waals surface area contributed by atoms with E-state index < -0.39 is 12.0 Å². The lowest BCUT2D eigenvalue weighted by Crippen LogP contribution is -2.28. The SMILES string of the molecule is CC.CC(C)(O)C(F)F. The highest BCUT2D eigenvalue weighted by Crippen LogP contribution is 2.11. The number of rotatable bonds is 1. The molecule has 1 N–H and O–H groups in total. The van der Waals surface area contributed by atoms with Crippen LogP contribution in [-0.2, 0) is 0 Å². The molecule has 1 nitrogen and oxygen atoms in total. The van der Waals surface area contributed by atoms with Crippen LogP contribution in [0, 0.1) is 0 Å². The summed E-state index contributed by atoms with van der Waals surface area (Å²) in [5, 5.41) is 8.34. The third-order valence-electron chi connectivity index (χ3n) is 0.534. The topological polar surface area (TPSA) is 20.2 Å². The molecule has 58 valence electrons. The first kappa shape index (κ1) is 11.6. The van der Waals surface area contributed by atoms with Crippen LogP contribution in [0.3, 0.4) is 0 Å². The van der Waals surface area contributed by atoms with Crippen molar-refractivity contribution in [2.24, 2.45) is 0 Å². The van der Waals surface area contributed by atoms with E-state index in [0.29, 0.717) is 0 Å². The van der Waals surface area contributed by atoms with Gasteiger partial charge in [-0.1, -0.05) is 13.8 Å². The summed E-state index contributed by atoms with van der Waals surface area (Å²) in [5.74, 6) is 0. The summed E-state index contributed by atoms with van der Waals surface area (Å²) in [6, 6.07) is 0. The molecule has 0 bridgehead atoms. The average Bonchev–Trinajstić information content (AvgIpc) is 1.69. The van der Waals surface area contributed by atoms with Crippen LogP contribution in [0.4, 0.5) is 8.78 Å². The monoisotopic (exact) mass is 140 g/mol. The second-order valence-electron chi connectivity index (χ2n) is 1.95. The summed E-state index contributed by atoms with van der Waals surface area (Å²) in [7, 11) is 0. The lowest BCUT2D eigenvalue weighted by Gasteiger charge is -2.13. The van der Waals surface area contributed by atoms with Gasteiger partial charge in [-0.3, -0.25) is 0 Å². The molecule has 0 unspecified atom stereocenters. The normalized spacial score (nSPS) is 10.7. The molecule has 0 amide bonds. The minimum Gasteiger partial charge on any atom is -0.385 e. The van der Waals surface area contributed by atoms with Gasteiger partial charge in [0.2, 0.25) is 0 Å². The molecule has 0 aliphatic carbocycles. The van der Waals surface area contributed by atoms with Gasteiger partial charge in [0.25, 0.3) is 6.43 Å². The lowest BCUT2D eigenvalue weighted by molar-refractivity contribution is -0.0695. The maximum absolute atomic E-state index is 11.3. The molecule has 0 aliphatic heterocycles. The Hall–Kier alpha value is -0.180. The first-order valence-corrected chi connectivity index (χ1v) is 2.95. The molecule has 0 radical (unpaired) electrons. The van der Waals surface area contributed by atoms with E-state index in [-0.39, 0.29) is 0 Å². The van der Waals surface area contributed by atoms with Crippen LogP contribution in [0.25, 0.3) is 0 Å². The smallest absolute Gasteiger partial charge is 0.266 e. The van der Waals surface area contributed by atoms with Gasteiger partial charge in [-0.15, -0.1) is 0 Å². The molecule has 0 saturated heterocycles. The van der Waals surface area contributed by atoms with Gasteiger partial charge in [-0.2, -0.15) is 0 Å². The zero-order valence-electron chi connectivity index (χ0n) is 6.28. The van der Waals surface area contributed by atoms with Gasteiger partial charge < -0.3 is 5.11 Å². The molecular weight excluding hydrogens is 126 g/mol. The fourth-order valence-electron chi connectivity index (χ4n) is 0. The summed E-state index contributed by atoms with van der Waals surface area (Å²) < 4.78 is 22.6. The maximum Gasteiger partial charge on any atom is 0.266 e. The molecule has 0 heterocycles. The highest BCUT2D eigenvalue weighted by molar-refractivity contribution is 4.66. The second kappa shape index (κ2) is 4.68. The van der Waals surface area contributed by atoms with Crippen LogP contribution in [0.2, 0.25) is 0 Å². The molecule has 0 aromatic rings. The van der Waals surface area contributed by atoms with Gasteiger partial charge in [0.05, 0.1) is 0 Å². The molecule has 0 aromatic carbocycles. The predicted molar refractivity (Wildman–Crippen MR) is 33.6 cm³/mol. The van der Waals surface area contributed by atoms with Crippen LogP contribution >= 0.6 is 0 Å². The minimum absolute atomic E-state index is 1.07. The van der Waals surface area contributed by atoms with Gasteiger partial charge >= 0.3 is 0 Å². The zero-order valence-corrected chi connectivity index (χ0v) is 6.28. The zero-order chi connectivity index (χ0) is 8.08. The molecule has 0 rings (SSSR count). The number of aliphatic hydroxyl groups is 1. The Morgan fingerprint density at radius 1 is 1.22 bits per heavy atom. The van der Waals surface area contributed by atoms with Gasteiger partial charge in [-0.05, 0) is 13.8 Å². The highest BCUT2D eigenvalue weighted by Gasteiger charge is 2.24. The molecule has 0 fully saturated rings. The molecule has 9 heavy (non-hydrogen) atoms. The number of alkyl halides is 2. The van der Waals surface area contributed by atoms with Crippen molar-refractivity contribution >= 4 is 0 Å². The Labute approximate surface area is 54.7 Å². The fourth-order valence-corrected chi connectivity index (χ4v) is 0. The van der Waals surface area contributed by atoms with Gasteiger partial charge in [-0.25, -0.2) is 8.78 Å². The summed E-state index contributed by atoms with van der Waals surface area (Å²) in [4.78, 5) is 0. The largest absolute Gasteiger partial charge is 0.385 e. The summed E-state index contributed by atoms with van der Waals surface area (Å²) in [5.41, 5.74) is -1.83. The van der Waals surface area contributed by atoms with Gasteiger partial charge in [0.1, 0.15) is 5.60 Å². The van der Waals surface area contributed by atoms with Crippen molar-refractivity contribution in [2.75, 3.05) is 0 Å². The summed E-state index contributed by atoms with van der Waals surface area (Å²) in [6.07, 6.45) is -2.65. The predicted octanol–water partition coefficient (Wildman–Crippen LogP) is 2.05. The quantitative estimate of drug-likeness (QED) is 0.591. The van der Waals surface area contributed by atoms with Crippen LogP contribution in [-0.4, -0.2) is 17.1 Å². The van der Waals surface area contributed by atoms with Crippen molar-refractivity contribution in [3.63, 3.8) is 0 Å². The van der Waals surface area contributed by atoms with Crippen molar-refractivity contribution in [2.45, 2.75) is 39.7 Å². The molecule has 0 spiro atoms. The number of hydrogen-bond donors (Lipinski definition) is 1. The number of hydrogen-bond acceptors (Lipinski definition) is 1. The van der Waals surface area contributed by atoms with Crippen LogP contribution < -0.4 is 0 Å². The Balaban J connectivity index is 0. The van der Waals surface area contributed by atoms with Gasteiger partial charge in [0.15, 0.2) is 0 Å². The summed E-state index contributed by atoms with van der Waals surface area (Å²) >= 11 is 0. The Morgan fingerprint density at radius 2 is 1.33 bits per heavy atom. The van der Waals surface area contributed by atoms with Crippen molar-refractivity contribution in [1.82, 2.24) is 0 Å². The summed E-state index contributed by atoms with van der Waals surface area (Å²) in [6.45, 7) is 6.13. The third-order valence-corrected chi connectivity index (χ3v) is 0.534. The van der Waals surface area contributed by atoms with E-state index in [1.807, 2.05) is 13.8 Å². The first-order valence-electron chi connectivity index (χ1n) is 2.95. The Kier molecular flexibility index (Phi) is 6.02. The third kappa shape index (κ3) is 7.82. The Morgan fingerprint density at radius 3 is 1.33 bits per heavy atom. The van der Waals surface area contributed by atoms with Crippen LogP contribution in [0.15, 0.2) is 0 Å². The van der Waals surface area contributed by atoms with Crippen molar-refractivity contribution in [3.05, 3.63) is 0 Å². The standard InChI is InChI=1S/C4H8F2O.C2H6/c1-4(2,7)3(5)6;1-2/h3,7H,1-2H3;1-2H3. The van der Waals surface area contributed by atoms with E-state index in [4.69, 9.17) is 5.11 Å². The highest BCUT2D eigenvalue weighted by atomic mass is 19.3. The van der Waals surface area contributed by atoms with Crippen molar-refractivity contribution < 1.29 is 13.9 Å². The second-order valence-corrected chi connectivity index (χ2v) is 1.95. The molecular formula is C6H14F2O. The lowest BCUT2D eigenvalue weighted by atomic mass is 10.2. The van der Waals surface area contributed by atoms with E-state index in [1.54, 1.807) is 0 Å². The van der Waals surface area contributed by atoms with E-state index in [2.05, 4.69) is 0 Å². The number of halogens is 2. The first-order chi connectivity index (χ1) is 3.94. The molecule has 0 aliphatic rings. The minimum atomic E-state index is -2.65. The van der Waals surface area contributed by atoms with Crippen molar-refractivity contribution in [1.29, 1.82) is 0 Å². The Bertz CT molecular complexity index is 56.6. The molecule has 3 heteroatoms. The van der Waals surface area contributed by atoms with E-state index >= 15 is 0 Å². The maximum atomic E-state index is 11.3.